The third-order valence-corrected chi connectivity index (χ3v) is 7.90. The number of allylic oxidation sites excluding steroid dienone is 2. The lowest BCUT2D eigenvalue weighted by Crippen LogP contribution is -2.49. The second-order valence-corrected chi connectivity index (χ2v) is 9.77. The molecule has 0 radical (unpaired) electrons. The number of ketones is 1. The van der Waals surface area contributed by atoms with Crippen LogP contribution in [0.5, 0.6) is 0 Å². The van der Waals surface area contributed by atoms with Gasteiger partial charge in [-0.05, 0) is 63.7 Å². The smallest absolute Gasteiger partial charge is 0.365 e. The van der Waals surface area contributed by atoms with E-state index in [0.717, 1.165) is 22.6 Å². The first-order valence-corrected chi connectivity index (χ1v) is 11.6. The summed E-state index contributed by atoms with van der Waals surface area (Å²) in [5, 5.41) is 6.76. The summed E-state index contributed by atoms with van der Waals surface area (Å²) in [4.78, 5) is 27.9. The maximum atomic E-state index is 12.6. The molecular formula is C23H23N3O3S2. The topological polar surface area (TPSA) is 62.2 Å². The van der Waals surface area contributed by atoms with Crippen molar-refractivity contribution in [3.05, 3.63) is 70.8 Å². The molecule has 0 aliphatic carbocycles. The fourth-order valence-electron chi connectivity index (χ4n) is 3.56. The largest absolute Gasteiger partial charge is 0.461 e. The average molecular weight is 454 g/mol. The van der Waals surface area contributed by atoms with Gasteiger partial charge in [-0.3, -0.25) is 4.79 Å². The Hall–Kier alpha value is -2.71. The number of thioether (sulfide) groups is 2. The zero-order valence-electron chi connectivity index (χ0n) is 17.8. The Balaban J connectivity index is 1.89. The standard InChI is InChI=1S/C23H23N3O3S2/c1-5-29-22(28)21-24-26(19-13-11-15(2)12-14-19)23(31-21)25(18-9-7-6-8-10-18)16(3)20(30-23)17(4)27/h6-14H,5H2,1-4H3/t23-/m0/s1. The highest BCUT2D eigenvalue weighted by atomic mass is 32.2. The summed E-state index contributed by atoms with van der Waals surface area (Å²) in [5.74, 6) is -0.488. The number of Topliss-reactive ketones (excluding diaryl/α,β-unsaturated/α-hetero) is 1. The molecule has 0 bridgehead atoms. The van der Waals surface area contributed by atoms with Crippen LogP contribution < -0.4 is 9.91 Å². The highest BCUT2D eigenvalue weighted by Crippen LogP contribution is 2.60. The van der Waals surface area contributed by atoms with Crippen LogP contribution in [0.2, 0.25) is 0 Å². The quantitative estimate of drug-likeness (QED) is 0.583. The Labute approximate surface area is 190 Å². The van der Waals surface area contributed by atoms with Crippen molar-refractivity contribution < 1.29 is 14.3 Å². The normalized spacial score (nSPS) is 20.5. The van der Waals surface area contributed by atoms with Gasteiger partial charge >= 0.3 is 5.97 Å². The Morgan fingerprint density at radius 3 is 2.29 bits per heavy atom. The fraction of sp³-hybridized carbons (Fsp3) is 0.261. The van der Waals surface area contributed by atoms with Crippen LogP contribution >= 0.6 is 23.5 Å². The molecule has 4 rings (SSSR count). The first-order chi connectivity index (χ1) is 14.9. The van der Waals surface area contributed by atoms with Crippen molar-refractivity contribution >= 4 is 51.7 Å². The number of rotatable bonds is 5. The number of hydrogen-bond acceptors (Lipinski definition) is 8. The molecule has 0 saturated carbocycles. The number of carbonyl (C=O) groups excluding carboxylic acids is 2. The molecule has 6 nitrogen and oxygen atoms in total. The van der Waals surface area contributed by atoms with E-state index < -0.39 is 10.3 Å². The summed E-state index contributed by atoms with van der Waals surface area (Å²) >= 11 is 2.71. The molecule has 0 aromatic heterocycles. The van der Waals surface area contributed by atoms with Crippen LogP contribution in [0, 0.1) is 6.92 Å². The van der Waals surface area contributed by atoms with Gasteiger partial charge in [0.05, 0.1) is 17.2 Å². The molecule has 2 aromatic rings. The summed E-state index contributed by atoms with van der Waals surface area (Å²) in [6.45, 7) is 7.55. The van der Waals surface area contributed by atoms with Gasteiger partial charge in [-0.1, -0.05) is 47.7 Å². The van der Waals surface area contributed by atoms with Gasteiger partial charge in [0.25, 0.3) is 0 Å². The molecule has 8 heteroatoms. The zero-order valence-corrected chi connectivity index (χ0v) is 19.4. The van der Waals surface area contributed by atoms with Crippen molar-refractivity contribution in [3.8, 4) is 0 Å². The summed E-state index contributed by atoms with van der Waals surface area (Å²) < 4.78 is 4.35. The predicted molar refractivity (Wildman–Crippen MR) is 128 cm³/mol. The summed E-state index contributed by atoms with van der Waals surface area (Å²) in [6.07, 6.45) is 0. The number of hydrogen-bond donors (Lipinski definition) is 0. The number of hydrazone groups is 1. The number of nitrogens with zero attached hydrogens (tertiary/aromatic N) is 3. The van der Waals surface area contributed by atoms with Gasteiger partial charge in [-0.15, -0.1) is 0 Å². The molecule has 31 heavy (non-hydrogen) atoms. The lowest BCUT2D eigenvalue weighted by molar-refractivity contribution is -0.134. The average Bonchev–Trinajstić information content (AvgIpc) is 3.27. The summed E-state index contributed by atoms with van der Waals surface area (Å²) in [6, 6.07) is 17.8. The second kappa shape index (κ2) is 8.43. The molecule has 0 saturated heterocycles. The number of ether oxygens (including phenoxy) is 1. The van der Waals surface area contributed by atoms with Gasteiger partial charge in [0.2, 0.25) is 9.37 Å². The van der Waals surface area contributed by atoms with Crippen molar-refractivity contribution in [3.63, 3.8) is 0 Å². The minimum Gasteiger partial charge on any atom is -0.461 e. The minimum absolute atomic E-state index is 0.0191. The van der Waals surface area contributed by atoms with E-state index >= 15 is 0 Å². The van der Waals surface area contributed by atoms with Crippen LogP contribution in [0.15, 0.2) is 70.3 Å². The number of carbonyl (C=O) groups is 2. The molecule has 1 spiro atoms. The third-order valence-electron chi connectivity index (χ3n) is 4.93. The molecule has 0 amide bonds. The molecule has 160 valence electrons. The predicted octanol–water partition coefficient (Wildman–Crippen LogP) is 5.11. The Morgan fingerprint density at radius 1 is 1.00 bits per heavy atom. The molecule has 2 aliphatic rings. The summed E-state index contributed by atoms with van der Waals surface area (Å²) in [5.41, 5.74) is 3.68. The number of aryl methyl sites for hydroxylation is 1. The van der Waals surface area contributed by atoms with Crippen LogP contribution in [-0.2, 0) is 14.3 Å². The summed E-state index contributed by atoms with van der Waals surface area (Å²) in [7, 11) is 0. The molecule has 0 fully saturated rings. The van der Waals surface area contributed by atoms with E-state index in [1.807, 2.05) is 73.5 Å². The van der Waals surface area contributed by atoms with E-state index in [2.05, 4.69) is 10.0 Å². The first kappa shape index (κ1) is 21.5. The molecule has 0 N–H and O–H groups in total. The van der Waals surface area contributed by atoms with Crippen molar-refractivity contribution in [1.82, 2.24) is 0 Å². The van der Waals surface area contributed by atoms with Crippen molar-refractivity contribution in [2.45, 2.75) is 32.0 Å². The first-order valence-electron chi connectivity index (χ1n) is 9.95. The number of para-hydroxylation sites is 1. The Morgan fingerprint density at radius 2 is 1.68 bits per heavy atom. The molecular weight excluding hydrogens is 430 g/mol. The van der Waals surface area contributed by atoms with Gasteiger partial charge in [0, 0.05) is 11.4 Å². The van der Waals surface area contributed by atoms with Gasteiger partial charge in [0.15, 0.2) is 5.78 Å². The lowest BCUT2D eigenvalue weighted by Gasteiger charge is -2.41. The van der Waals surface area contributed by atoms with E-state index in [9.17, 15) is 9.59 Å². The zero-order chi connectivity index (χ0) is 22.2. The van der Waals surface area contributed by atoms with Crippen molar-refractivity contribution in [2.75, 3.05) is 16.5 Å². The van der Waals surface area contributed by atoms with E-state index in [-0.39, 0.29) is 17.4 Å². The van der Waals surface area contributed by atoms with E-state index in [1.54, 1.807) is 13.8 Å². The third kappa shape index (κ3) is 3.74. The monoisotopic (exact) mass is 453 g/mol. The van der Waals surface area contributed by atoms with Crippen molar-refractivity contribution in [1.29, 1.82) is 0 Å². The number of benzene rings is 2. The fourth-order valence-corrected chi connectivity index (χ4v) is 6.51. The van der Waals surface area contributed by atoms with Gasteiger partial charge in [-0.2, -0.15) is 5.10 Å². The van der Waals surface area contributed by atoms with Crippen LogP contribution in [0.3, 0.4) is 0 Å². The van der Waals surface area contributed by atoms with Gasteiger partial charge < -0.3 is 9.64 Å². The van der Waals surface area contributed by atoms with Crippen LogP contribution in [0.4, 0.5) is 11.4 Å². The van der Waals surface area contributed by atoms with E-state index in [0.29, 0.717) is 4.91 Å². The van der Waals surface area contributed by atoms with Crippen molar-refractivity contribution in [2.24, 2.45) is 5.10 Å². The number of esters is 1. The van der Waals surface area contributed by atoms with Gasteiger partial charge in [-0.25, -0.2) is 9.80 Å². The Kier molecular flexibility index (Phi) is 5.85. The van der Waals surface area contributed by atoms with Crippen LogP contribution in [0.25, 0.3) is 0 Å². The van der Waals surface area contributed by atoms with Crippen LogP contribution in [0.1, 0.15) is 26.3 Å². The highest BCUT2D eigenvalue weighted by Gasteiger charge is 2.57. The molecule has 2 heterocycles. The highest BCUT2D eigenvalue weighted by molar-refractivity contribution is 8.29. The number of anilines is 2. The van der Waals surface area contributed by atoms with E-state index in [1.165, 1.54) is 23.5 Å². The minimum atomic E-state index is -0.899. The SMILES string of the molecule is CCOC(=O)C1=NN(c2ccc(C)cc2)[C@]2(S1)SC(C(C)=O)=C(C)N2c1ccccc1. The lowest BCUT2D eigenvalue weighted by atomic mass is 10.2. The Bertz CT molecular complexity index is 1080. The molecule has 2 aliphatic heterocycles. The second-order valence-electron chi connectivity index (χ2n) is 7.17. The van der Waals surface area contributed by atoms with E-state index in [4.69, 9.17) is 4.74 Å². The van der Waals surface area contributed by atoms with Gasteiger partial charge in [0.1, 0.15) is 0 Å². The van der Waals surface area contributed by atoms with Crippen LogP contribution in [-0.4, -0.2) is 27.7 Å². The molecule has 1 atom stereocenters. The molecule has 2 aromatic carbocycles. The maximum absolute atomic E-state index is 12.6. The molecule has 0 unspecified atom stereocenters. The maximum Gasteiger partial charge on any atom is 0.365 e.